The van der Waals surface area contributed by atoms with Crippen LogP contribution in [0.25, 0.3) is 0 Å². The average molecular weight is 431 g/mol. The quantitative estimate of drug-likeness (QED) is 0.209. The third-order valence-corrected chi connectivity index (χ3v) is 19.1. The summed E-state index contributed by atoms with van der Waals surface area (Å²) in [5.41, 5.74) is 3.28. The summed E-state index contributed by atoms with van der Waals surface area (Å²) < 4.78 is 13.9. The summed E-state index contributed by atoms with van der Waals surface area (Å²) in [6, 6.07) is 0. The van der Waals surface area contributed by atoms with Crippen molar-refractivity contribution in [2.45, 2.75) is 135 Å². The Kier molecular flexibility index (Phi) is 12.0. The van der Waals surface area contributed by atoms with E-state index in [1.54, 1.807) is 0 Å². The van der Waals surface area contributed by atoms with E-state index >= 15 is 0 Å². The molecule has 0 aromatic heterocycles. The summed E-state index contributed by atoms with van der Waals surface area (Å²) in [6.07, 6.45) is 2.36. The molecule has 28 heavy (non-hydrogen) atoms. The molecule has 0 amide bonds. The zero-order valence-corrected chi connectivity index (χ0v) is 23.0. The molecule has 0 fully saturated rings. The molecule has 168 valence electrons. The van der Waals surface area contributed by atoms with Crippen LogP contribution in [0.2, 0.25) is 33.2 Å². The minimum Gasteiger partial charge on any atom is -0.413 e. The fraction of sp³-hybridized carbons (Fsp3) is 0.957. The third kappa shape index (κ3) is 6.26. The lowest BCUT2D eigenvalue weighted by Crippen LogP contribution is -2.53. The summed E-state index contributed by atoms with van der Waals surface area (Å²) in [7, 11) is -3.94. The molecular formula is C23H50O3Si2. The van der Waals surface area contributed by atoms with Crippen LogP contribution in [0.15, 0.2) is 0 Å². The van der Waals surface area contributed by atoms with Crippen LogP contribution in [0.3, 0.4) is 0 Å². The second kappa shape index (κ2) is 12.0. The van der Waals surface area contributed by atoms with Gasteiger partial charge in [0.1, 0.15) is 6.29 Å². The molecule has 0 saturated heterocycles. The van der Waals surface area contributed by atoms with Crippen LogP contribution in [0.5, 0.6) is 0 Å². The molecule has 0 saturated carbocycles. The lowest BCUT2D eigenvalue weighted by atomic mass is 10.2. The second-order valence-electron chi connectivity index (χ2n) is 10.4. The largest absolute Gasteiger partial charge is 0.413 e. The van der Waals surface area contributed by atoms with Gasteiger partial charge in [0, 0.05) is 6.42 Å². The van der Waals surface area contributed by atoms with Gasteiger partial charge in [-0.05, 0) is 39.7 Å². The van der Waals surface area contributed by atoms with Gasteiger partial charge in [0.05, 0.1) is 12.7 Å². The average Bonchev–Trinajstić information content (AvgIpc) is 2.54. The fourth-order valence-corrected chi connectivity index (χ4v) is 16.9. The maximum Gasteiger partial charge on any atom is 0.200 e. The highest BCUT2D eigenvalue weighted by atomic mass is 28.4. The number of carbonyl (C=O) groups excluding carboxylic acids is 1. The van der Waals surface area contributed by atoms with Crippen LogP contribution in [-0.4, -0.2) is 35.6 Å². The highest BCUT2D eigenvalue weighted by Crippen LogP contribution is 2.45. The van der Waals surface area contributed by atoms with E-state index in [0.29, 0.717) is 46.3 Å². The van der Waals surface area contributed by atoms with Crippen LogP contribution >= 0.6 is 0 Å². The first-order valence-corrected chi connectivity index (χ1v) is 15.8. The summed E-state index contributed by atoms with van der Waals surface area (Å²) in [4.78, 5) is 11.1. The van der Waals surface area contributed by atoms with E-state index in [4.69, 9.17) is 8.85 Å². The Labute approximate surface area is 178 Å². The molecule has 0 heterocycles. The van der Waals surface area contributed by atoms with Gasteiger partial charge < -0.3 is 13.6 Å². The summed E-state index contributed by atoms with van der Waals surface area (Å²) >= 11 is 0. The van der Waals surface area contributed by atoms with Crippen LogP contribution in [0.4, 0.5) is 0 Å². The molecule has 0 aromatic rings. The normalized spacial score (nSPS) is 14.9. The Morgan fingerprint density at radius 3 is 1.29 bits per heavy atom. The second-order valence-corrected chi connectivity index (χ2v) is 21.3. The van der Waals surface area contributed by atoms with Gasteiger partial charge in [-0.25, -0.2) is 0 Å². The van der Waals surface area contributed by atoms with Gasteiger partial charge >= 0.3 is 0 Å². The molecule has 0 aliphatic rings. The van der Waals surface area contributed by atoms with Gasteiger partial charge in [-0.2, -0.15) is 0 Å². The van der Waals surface area contributed by atoms with E-state index in [9.17, 15) is 4.79 Å². The van der Waals surface area contributed by atoms with Crippen molar-refractivity contribution in [2.24, 2.45) is 0 Å². The summed E-state index contributed by atoms with van der Waals surface area (Å²) in [5.74, 6) is 0. The molecule has 0 aromatic carbocycles. The van der Waals surface area contributed by atoms with E-state index in [1.807, 2.05) is 0 Å². The van der Waals surface area contributed by atoms with Crippen molar-refractivity contribution in [2.75, 3.05) is 6.61 Å². The minimum absolute atomic E-state index is 0.0205. The highest BCUT2D eigenvalue weighted by Gasteiger charge is 2.48. The SMILES string of the molecule is CC(C)[Si](OC[C@H](CCC=O)O[Si](C(C)C)(C(C)C)C(C)C)(C(C)C)C(C)C. The third-order valence-electron chi connectivity index (χ3n) is 6.91. The molecule has 0 bridgehead atoms. The molecule has 5 heteroatoms. The maximum atomic E-state index is 11.1. The minimum atomic E-state index is -2.00. The summed E-state index contributed by atoms with van der Waals surface area (Å²) in [6.45, 7) is 28.5. The first-order chi connectivity index (χ1) is 12.8. The van der Waals surface area contributed by atoms with Gasteiger partial charge in [0.15, 0.2) is 8.32 Å². The zero-order valence-electron chi connectivity index (χ0n) is 21.0. The lowest BCUT2D eigenvalue weighted by Gasteiger charge is -2.46. The molecule has 0 unspecified atom stereocenters. The maximum absolute atomic E-state index is 11.1. The molecule has 0 aliphatic heterocycles. The van der Waals surface area contributed by atoms with Crippen molar-refractivity contribution in [3.05, 3.63) is 0 Å². The smallest absolute Gasteiger partial charge is 0.200 e. The molecule has 0 rings (SSSR count). The van der Waals surface area contributed by atoms with Crippen molar-refractivity contribution >= 4 is 22.9 Å². The van der Waals surface area contributed by atoms with Crippen LogP contribution in [0, 0.1) is 0 Å². The fourth-order valence-electron chi connectivity index (χ4n) is 5.86. The van der Waals surface area contributed by atoms with E-state index in [0.717, 1.165) is 12.7 Å². The Balaban J connectivity index is 5.77. The van der Waals surface area contributed by atoms with Crippen molar-refractivity contribution in [3.8, 4) is 0 Å². The van der Waals surface area contributed by atoms with Gasteiger partial charge in [-0.15, -0.1) is 0 Å². The van der Waals surface area contributed by atoms with E-state index in [2.05, 4.69) is 83.1 Å². The van der Waals surface area contributed by atoms with Crippen molar-refractivity contribution in [3.63, 3.8) is 0 Å². The lowest BCUT2D eigenvalue weighted by molar-refractivity contribution is -0.108. The summed E-state index contributed by atoms with van der Waals surface area (Å²) in [5, 5.41) is 0. The molecule has 0 radical (unpaired) electrons. The Morgan fingerprint density at radius 2 is 1.00 bits per heavy atom. The van der Waals surface area contributed by atoms with Gasteiger partial charge in [0.25, 0.3) is 0 Å². The van der Waals surface area contributed by atoms with Crippen LogP contribution in [0.1, 0.15) is 95.9 Å². The Morgan fingerprint density at radius 1 is 0.643 bits per heavy atom. The Bertz CT molecular complexity index is 402. The number of carbonyl (C=O) groups is 1. The predicted molar refractivity (Wildman–Crippen MR) is 128 cm³/mol. The molecule has 3 nitrogen and oxygen atoms in total. The van der Waals surface area contributed by atoms with Crippen molar-refractivity contribution in [1.29, 1.82) is 0 Å². The number of aldehydes is 1. The predicted octanol–water partition coefficient (Wildman–Crippen LogP) is 7.72. The van der Waals surface area contributed by atoms with Gasteiger partial charge in [-0.1, -0.05) is 83.1 Å². The number of rotatable bonds is 14. The van der Waals surface area contributed by atoms with E-state index in [-0.39, 0.29) is 6.10 Å². The van der Waals surface area contributed by atoms with E-state index in [1.165, 1.54) is 0 Å². The first-order valence-electron chi connectivity index (χ1n) is 11.6. The molecular weight excluding hydrogens is 380 g/mol. The molecule has 0 N–H and O–H groups in total. The first kappa shape index (κ1) is 28.0. The van der Waals surface area contributed by atoms with Crippen LogP contribution < -0.4 is 0 Å². The molecule has 0 aliphatic carbocycles. The number of hydrogen-bond acceptors (Lipinski definition) is 3. The molecule has 1 atom stereocenters. The topological polar surface area (TPSA) is 35.5 Å². The van der Waals surface area contributed by atoms with E-state index < -0.39 is 16.6 Å². The zero-order chi connectivity index (χ0) is 22.3. The van der Waals surface area contributed by atoms with Crippen molar-refractivity contribution in [1.82, 2.24) is 0 Å². The Hall–Kier alpha value is 0.0238. The van der Waals surface area contributed by atoms with Crippen LogP contribution in [-0.2, 0) is 13.6 Å². The van der Waals surface area contributed by atoms with Gasteiger partial charge in [0.2, 0.25) is 8.32 Å². The highest BCUT2D eigenvalue weighted by molar-refractivity contribution is 6.78. The van der Waals surface area contributed by atoms with Gasteiger partial charge in [-0.3, -0.25) is 0 Å². The van der Waals surface area contributed by atoms with Crippen molar-refractivity contribution < 1.29 is 13.6 Å². The number of hydrogen-bond donors (Lipinski definition) is 0. The standard InChI is InChI=1S/C23H50O3Si2/c1-17(2)27(18(3)4,19(5)6)25-16-23(14-13-15-24)26-28(20(7)8,21(9)10)22(11)12/h15,17-23H,13-14,16H2,1-12H3/t23-/m0/s1. The molecule has 0 spiro atoms. The monoisotopic (exact) mass is 430 g/mol.